The van der Waals surface area contributed by atoms with Crippen LogP contribution in [0.25, 0.3) is 0 Å². The highest BCUT2D eigenvalue weighted by atomic mass is 16.5. The number of hydrogen-bond acceptors (Lipinski definition) is 4. The molecule has 1 amide bonds. The number of carbonyl (C=O) groups excluding carboxylic acids is 1. The molecule has 1 atom stereocenters. The Morgan fingerprint density at radius 2 is 2.24 bits per heavy atom. The molecule has 2 N–H and O–H groups in total. The predicted octanol–water partition coefficient (Wildman–Crippen LogP) is 1.29. The third-order valence-corrected chi connectivity index (χ3v) is 3.63. The third-order valence-electron chi connectivity index (χ3n) is 3.63. The molecule has 0 saturated heterocycles. The number of para-hydroxylation sites is 1. The standard InChI is InChI=1S/C16H24N2O3/c1-20-11-9-18-16(19)6-8-17-12-13-7-10-21-15-5-3-2-4-14(13)15/h2-5,13,17H,6-12H2,1H3,(H,18,19). The van der Waals surface area contributed by atoms with Gasteiger partial charge in [0.2, 0.25) is 5.91 Å². The van der Waals surface area contributed by atoms with E-state index in [9.17, 15) is 4.79 Å². The van der Waals surface area contributed by atoms with Crippen molar-refractivity contribution in [2.45, 2.75) is 18.8 Å². The van der Waals surface area contributed by atoms with Crippen LogP contribution in [0.1, 0.15) is 24.3 Å². The lowest BCUT2D eigenvalue weighted by Crippen LogP contribution is -2.32. The van der Waals surface area contributed by atoms with Gasteiger partial charge in [-0.3, -0.25) is 4.79 Å². The number of methoxy groups -OCH3 is 1. The van der Waals surface area contributed by atoms with E-state index in [1.807, 2.05) is 18.2 Å². The highest BCUT2D eigenvalue weighted by Gasteiger charge is 2.20. The van der Waals surface area contributed by atoms with Crippen molar-refractivity contribution in [1.82, 2.24) is 10.6 Å². The van der Waals surface area contributed by atoms with E-state index in [1.54, 1.807) is 7.11 Å². The Morgan fingerprint density at radius 1 is 1.38 bits per heavy atom. The Morgan fingerprint density at radius 3 is 3.10 bits per heavy atom. The molecule has 0 spiro atoms. The quantitative estimate of drug-likeness (QED) is 0.709. The van der Waals surface area contributed by atoms with Crippen LogP contribution >= 0.6 is 0 Å². The molecule has 1 aromatic carbocycles. The van der Waals surface area contributed by atoms with Gasteiger partial charge in [-0.1, -0.05) is 18.2 Å². The van der Waals surface area contributed by atoms with Crippen molar-refractivity contribution in [2.24, 2.45) is 0 Å². The summed E-state index contributed by atoms with van der Waals surface area (Å²) in [6.45, 7) is 3.46. The average molecular weight is 292 g/mol. The second kappa shape index (κ2) is 8.64. The van der Waals surface area contributed by atoms with Crippen LogP contribution in [0.15, 0.2) is 24.3 Å². The third kappa shape index (κ3) is 5.02. The topological polar surface area (TPSA) is 59.6 Å². The number of amides is 1. The fourth-order valence-electron chi connectivity index (χ4n) is 2.49. The number of hydrogen-bond donors (Lipinski definition) is 2. The number of benzene rings is 1. The van der Waals surface area contributed by atoms with E-state index < -0.39 is 0 Å². The van der Waals surface area contributed by atoms with Crippen molar-refractivity contribution in [3.63, 3.8) is 0 Å². The maximum Gasteiger partial charge on any atom is 0.221 e. The van der Waals surface area contributed by atoms with Crippen LogP contribution < -0.4 is 15.4 Å². The molecule has 1 heterocycles. The summed E-state index contributed by atoms with van der Waals surface area (Å²) in [5.41, 5.74) is 1.26. The molecular formula is C16H24N2O3. The Hall–Kier alpha value is -1.59. The summed E-state index contributed by atoms with van der Waals surface area (Å²) in [4.78, 5) is 11.5. The van der Waals surface area contributed by atoms with Crippen LogP contribution in [0, 0.1) is 0 Å². The van der Waals surface area contributed by atoms with Crippen LogP contribution in [0.3, 0.4) is 0 Å². The fraction of sp³-hybridized carbons (Fsp3) is 0.562. The molecule has 0 aliphatic carbocycles. The minimum Gasteiger partial charge on any atom is -0.493 e. The highest BCUT2D eigenvalue weighted by Crippen LogP contribution is 2.32. The molecule has 0 saturated carbocycles. The van der Waals surface area contributed by atoms with E-state index in [2.05, 4.69) is 16.7 Å². The van der Waals surface area contributed by atoms with Gasteiger partial charge < -0.3 is 20.1 Å². The van der Waals surface area contributed by atoms with Crippen LogP contribution in [0.2, 0.25) is 0 Å². The summed E-state index contributed by atoms with van der Waals surface area (Å²) in [6.07, 6.45) is 1.51. The molecule has 1 aliphatic heterocycles. The normalized spacial score (nSPS) is 16.9. The second-order valence-corrected chi connectivity index (χ2v) is 5.17. The van der Waals surface area contributed by atoms with E-state index in [4.69, 9.17) is 9.47 Å². The Kier molecular flexibility index (Phi) is 6.50. The van der Waals surface area contributed by atoms with Gasteiger partial charge in [0.05, 0.1) is 13.2 Å². The highest BCUT2D eigenvalue weighted by molar-refractivity contribution is 5.76. The van der Waals surface area contributed by atoms with Gasteiger partial charge in [0.15, 0.2) is 0 Å². The van der Waals surface area contributed by atoms with Crippen LogP contribution in [0.4, 0.5) is 0 Å². The fourth-order valence-corrected chi connectivity index (χ4v) is 2.49. The van der Waals surface area contributed by atoms with Crippen LogP contribution in [0.5, 0.6) is 5.75 Å². The lowest BCUT2D eigenvalue weighted by Gasteiger charge is -2.26. The number of ether oxygens (including phenoxy) is 2. The summed E-state index contributed by atoms with van der Waals surface area (Å²) in [7, 11) is 1.62. The Balaban J connectivity index is 1.67. The number of nitrogens with one attached hydrogen (secondary N) is 2. The molecule has 5 heteroatoms. The summed E-state index contributed by atoms with van der Waals surface area (Å²) in [5, 5.41) is 6.18. The van der Waals surface area contributed by atoms with Gasteiger partial charge in [0, 0.05) is 39.1 Å². The smallest absolute Gasteiger partial charge is 0.221 e. The summed E-state index contributed by atoms with van der Waals surface area (Å²) < 4.78 is 10.5. The zero-order chi connectivity index (χ0) is 14.9. The molecule has 2 rings (SSSR count). The molecule has 1 aliphatic rings. The number of carbonyl (C=O) groups is 1. The molecule has 5 nitrogen and oxygen atoms in total. The van der Waals surface area contributed by atoms with Gasteiger partial charge in [-0.05, 0) is 18.1 Å². The monoisotopic (exact) mass is 292 g/mol. The van der Waals surface area contributed by atoms with Crippen molar-refractivity contribution in [1.29, 1.82) is 0 Å². The van der Waals surface area contributed by atoms with E-state index in [0.717, 1.165) is 25.3 Å². The molecule has 1 aromatic rings. The van der Waals surface area contributed by atoms with E-state index in [1.165, 1.54) is 5.56 Å². The first kappa shape index (κ1) is 15.8. The molecule has 21 heavy (non-hydrogen) atoms. The Bertz CT molecular complexity index is 451. The van der Waals surface area contributed by atoms with Crippen molar-refractivity contribution in [3.05, 3.63) is 29.8 Å². The van der Waals surface area contributed by atoms with Gasteiger partial charge in [0.1, 0.15) is 5.75 Å². The molecular weight excluding hydrogens is 268 g/mol. The van der Waals surface area contributed by atoms with Gasteiger partial charge in [-0.2, -0.15) is 0 Å². The van der Waals surface area contributed by atoms with Gasteiger partial charge in [-0.25, -0.2) is 0 Å². The molecule has 0 fully saturated rings. The van der Waals surface area contributed by atoms with Crippen LogP contribution in [-0.2, 0) is 9.53 Å². The van der Waals surface area contributed by atoms with Gasteiger partial charge in [0.25, 0.3) is 0 Å². The minimum absolute atomic E-state index is 0.0620. The zero-order valence-corrected chi connectivity index (χ0v) is 12.6. The summed E-state index contributed by atoms with van der Waals surface area (Å²) in [6, 6.07) is 8.19. The van der Waals surface area contributed by atoms with Crippen molar-refractivity contribution in [2.75, 3.05) is 40.0 Å². The van der Waals surface area contributed by atoms with Gasteiger partial charge >= 0.3 is 0 Å². The van der Waals surface area contributed by atoms with E-state index in [-0.39, 0.29) is 5.91 Å². The zero-order valence-electron chi connectivity index (χ0n) is 12.6. The Labute approximate surface area is 126 Å². The van der Waals surface area contributed by atoms with E-state index in [0.29, 0.717) is 32.0 Å². The first-order chi connectivity index (χ1) is 10.3. The first-order valence-corrected chi connectivity index (χ1v) is 7.49. The SMILES string of the molecule is COCCNC(=O)CCNCC1CCOc2ccccc21. The molecule has 116 valence electrons. The molecule has 0 aromatic heterocycles. The van der Waals surface area contributed by atoms with Crippen LogP contribution in [-0.4, -0.2) is 45.9 Å². The molecule has 0 radical (unpaired) electrons. The average Bonchev–Trinajstić information content (AvgIpc) is 2.52. The maximum atomic E-state index is 11.5. The largest absolute Gasteiger partial charge is 0.493 e. The van der Waals surface area contributed by atoms with Gasteiger partial charge in [-0.15, -0.1) is 0 Å². The van der Waals surface area contributed by atoms with Crippen molar-refractivity contribution in [3.8, 4) is 5.75 Å². The molecule has 1 unspecified atom stereocenters. The second-order valence-electron chi connectivity index (χ2n) is 5.17. The van der Waals surface area contributed by atoms with E-state index >= 15 is 0 Å². The van der Waals surface area contributed by atoms with Crippen molar-refractivity contribution < 1.29 is 14.3 Å². The molecule has 0 bridgehead atoms. The minimum atomic E-state index is 0.0620. The van der Waals surface area contributed by atoms with Crippen molar-refractivity contribution >= 4 is 5.91 Å². The maximum absolute atomic E-state index is 11.5. The number of rotatable bonds is 8. The summed E-state index contributed by atoms with van der Waals surface area (Å²) >= 11 is 0. The first-order valence-electron chi connectivity index (χ1n) is 7.49. The lowest BCUT2D eigenvalue weighted by atomic mass is 9.93. The summed E-state index contributed by atoms with van der Waals surface area (Å²) in [5.74, 6) is 1.52. The number of fused-ring (bicyclic) bond motifs is 1. The predicted molar refractivity (Wildman–Crippen MR) is 81.7 cm³/mol. The lowest BCUT2D eigenvalue weighted by molar-refractivity contribution is -0.121.